The third kappa shape index (κ3) is 3.17. The smallest absolute Gasteiger partial charge is 0.383 e. The minimum Gasteiger partial charge on any atom is -0.445 e. The van der Waals surface area contributed by atoms with Gasteiger partial charge >= 0.3 is 23.7 Å². The number of hydrogen-bond acceptors (Lipinski definition) is 10. The summed E-state index contributed by atoms with van der Waals surface area (Å²) in [4.78, 5) is 34.2. The minimum absolute atomic E-state index is 0.988. The Morgan fingerprint density at radius 1 is 0.947 bits per heavy atom. The van der Waals surface area contributed by atoms with E-state index in [-0.39, 0.29) is 0 Å². The van der Waals surface area contributed by atoms with Crippen molar-refractivity contribution in [1.29, 1.82) is 0 Å². The number of cyclic esters (lactones) is 3. The summed E-state index contributed by atoms with van der Waals surface area (Å²) >= 11 is 0. The van der Waals surface area contributed by atoms with Crippen molar-refractivity contribution >= 4 is 17.9 Å². The fourth-order valence-electron chi connectivity index (χ4n) is 1.13. The van der Waals surface area contributed by atoms with Crippen LogP contribution in [0.15, 0.2) is 0 Å². The van der Waals surface area contributed by atoms with Crippen LogP contribution in [0, 0.1) is 0 Å². The van der Waals surface area contributed by atoms with E-state index < -0.39 is 55.7 Å². The van der Waals surface area contributed by atoms with E-state index in [4.69, 9.17) is 15.3 Å². The molecule has 1 aliphatic heterocycles. The van der Waals surface area contributed by atoms with Gasteiger partial charge in [-0.15, -0.1) is 0 Å². The normalized spacial score (nSPS) is 32.5. The summed E-state index contributed by atoms with van der Waals surface area (Å²) in [6.45, 7) is -3.32. The summed E-state index contributed by atoms with van der Waals surface area (Å²) in [5, 5.41) is 36.1. The van der Waals surface area contributed by atoms with Gasteiger partial charge in [-0.05, 0) is 0 Å². The van der Waals surface area contributed by atoms with Crippen molar-refractivity contribution in [3.63, 3.8) is 0 Å². The lowest BCUT2D eigenvalue weighted by molar-refractivity contribution is -0.240. The Bertz CT molecular complexity index is 377. The van der Waals surface area contributed by atoms with E-state index in [0.29, 0.717) is 0 Å². The van der Waals surface area contributed by atoms with Crippen LogP contribution in [0.2, 0.25) is 0 Å². The Morgan fingerprint density at radius 2 is 1.47 bits per heavy atom. The molecule has 4 N–H and O–H groups in total. The first kappa shape index (κ1) is 15.3. The first-order valence-electron chi connectivity index (χ1n) is 5.07. The molecule has 3 atom stereocenters. The van der Waals surface area contributed by atoms with Crippen molar-refractivity contribution in [2.24, 2.45) is 0 Å². The highest BCUT2D eigenvalue weighted by molar-refractivity contribution is 5.89. The van der Waals surface area contributed by atoms with Crippen LogP contribution in [0.1, 0.15) is 0 Å². The monoisotopic (exact) mass is 280 g/mol. The molecule has 1 aliphatic rings. The first-order valence-corrected chi connectivity index (χ1v) is 5.07. The average Bonchev–Trinajstić information content (AvgIpc) is 2.42. The molecule has 0 aromatic heterocycles. The number of hydrogen-bond donors (Lipinski definition) is 4. The molecule has 0 radical (unpaired) electrons. The van der Waals surface area contributed by atoms with Gasteiger partial charge in [-0.2, -0.15) is 0 Å². The van der Waals surface area contributed by atoms with E-state index in [1.807, 2.05) is 0 Å². The second-order valence-corrected chi connectivity index (χ2v) is 3.55. The highest BCUT2D eigenvalue weighted by Gasteiger charge is 2.47. The SMILES string of the molecule is O=C1OC(O)(CO)C(=O)OC(CO)C(=O)OC1CO. The van der Waals surface area contributed by atoms with Gasteiger partial charge in [-0.1, -0.05) is 0 Å². The van der Waals surface area contributed by atoms with Gasteiger partial charge in [0.15, 0.2) is 0 Å². The van der Waals surface area contributed by atoms with Crippen molar-refractivity contribution in [3.05, 3.63) is 0 Å². The molecule has 108 valence electrons. The number of aliphatic hydroxyl groups is 4. The van der Waals surface area contributed by atoms with Crippen LogP contribution < -0.4 is 0 Å². The molecular formula is C9H12O10. The van der Waals surface area contributed by atoms with Crippen molar-refractivity contribution in [2.75, 3.05) is 19.8 Å². The number of rotatable bonds is 3. The lowest BCUT2D eigenvalue weighted by Gasteiger charge is -2.23. The lowest BCUT2D eigenvalue weighted by atomic mass is 10.3. The van der Waals surface area contributed by atoms with Gasteiger partial charge < -0.3 is 34.6 Å². The average molecular weight is 280 g/mol. The van der Waals surface area contributed by atoms with Crippen molar-refractivity contribution in [3.8, 4) is 0 Å². The molecule has 0 amide bonds. The van der Waals surface area contributed by atoms with Crippen LogP contribution in [0.25, 0.3) is 0 Å². The van der Waals surface area contributed by atoms with Crippen LogP contribution in [0.4, 0.5) is 0 Å². The molecule has 0 bridgehead atoms. The first-order chi connectivity index (χ1) is 8.87. The molecule has 0 aromatic rings. The Morgan fingerprint density at radius 3 is 1.95 bits per heavy atom. The molecule has 10 nitrogen and oxygen atoms in total. The van der Waals surface area contributed by atoms with E-state index in [1.54, 1.807) is 0 Å². The Kier molecular flexibility index (Phi) is 4.78. The Balaban J connectivity index is 3.10. The van der Waals surface area contributed by atoms with Crippen LogP contribution in [0.5, 0.6) is 0 Å². The third-order valence-corrected chi connectivity index (χ3v) is 2.17. The minimum atomic E-state index is -3.05. The molecule has 19 heavy (non-hydrogen) atoms. The summed E-state index contributed by atoms with van der Waals surface area (Å²) < 4.78 is 13.0. The number of carbonyl (C=O) groups is 3. The zero-order chi connectivity index (χ0) is 14.6. The second kappa shape index (κ2) is 5.93. The van der Waals surface area contributed by atoms with Crippen molar-refractivity contribution < 1.29 is 49.0 Å². The van der Waals surface area contributed by atoms with Gasteiger partial charge in [0, 0.05) is 0 Å². The lowest BCUT2D eigenvalue weighted by Crippen LogP contribution is -2.50. The van der Waals surface area contributed by atoms with E-state index >= 15 is 0 Å². The highest BCUT2D eigenvalue weighted by atomic mass is 16.7. The topological polar surface area (TPSA) is 160 Å². The third-order valence-electron chi connectivity index (χ3n) is 2.17. The molecule has 0 saturated carbocycles. The summed E-state index contributed by atoms with van der Waals surface area (Å²) in [6, 6.07) is 0. The summed E-state index contributed by atoms with van der Waals surface area (Å²) in [6.07, 6.45) is -3.65. The fourth-order valence-corrected chi connectivity index (χ4v) is 1.13. The number of carbonyl (C=O) groups excluding carboxylic acids is 3. The van der Waals surface area contributed by atoms with Crippen LogP contribution in [-0.2, 0) is 28.6 Å². The molecule has 1 rings (SSSR count). The van der Waals surface area contributed by atoms with Gasteiger partial charge in [0.25, 0.3) is 0 Å². The van der Waals surface area contributed by atoms with E-state index in [9.17, 15) is 19.5 Å². The highest BCUT2D eigenvalue weighted by Crippen LogP contribution is 2.16. The van der Waals surface area contributed by atoms with Crippen molar-refractivity contribution in [2.45, 2.75) is 18.0 Å². The predicted molar refractivity (Wildman–Crippen MR) is 52.1 cm³/mol. The summed E-state index contributed by atoms with van der Waals surface area (Å²) in [7, 11) is 0. The number of esters is 3. The maximum Gasteiger partial charge on any atom is 0.383 e. The number of ether oxygens (including phenoxy) is 3. The predicted octanol–water partition coefficient (Wildman–Crippen LogP) is -3.97. The maximum absolute atomic E-state index is 11.4. The van der Waals surface area contributed by atoms with Gasteiger partial charge in [0.2, 0.25) is 12.2 Å². The van der Waals surface area contributed by atoms with Gasteiger partial charge in [-0.25, -0.2) is 14.4 Å². The Hall–Kier alpha value is -1.75. The van der Waals surface area contributed by atoms with Gasteiger partial charge in [0.05, 0.1) is 13.2 Å². The molecule has 0 aromatic carbocycles. The Labute approximate surface area is 106 Å². The standard InChI is InChI=1S/C9H12O10/c10-1-4-6(13)17-5(2-11)7(14)19-9(16,3-12)8(15)18-4/h4-5,10-12,16H,1-3H2. The van der Waals surface area contributed by atoms with Crippen LogP contribution >= 0.6 is 0 Å². The second-order valence-electron chi connectivity index (χ2n) is 3.55. The quantitative estimate of drug-likeness (QED) is 0.296. The molecule has 10 heteroatoms. The largest absolute Gasteiger partial charge is 0.445 e. The molecule has 0 aliphatic carbocycles. The molecule has 1 saturated heterocycles. The molecule has 1 heterocycles. The van der Waals surface area contributed by atoms with E-state index in [0.717, 1.165) is 0 Å². The van der Waals surface area contributed by atoms with Crippen LogP contribution in [0.3, 0.4) is 0 Å². The van der Waals surface area contributed by atoms with Crippen LogP contribution in [-0.4, -0.2) is 76.1 Å². The number of aliphatic hydroxyl groups excluding tert-OH is 3. The zero-order valence-corrected chi connectivity index (χ0v) is 9.51. The van der Waals surface area contributed by atoms with E-state index in [1.165, 1.54) is 0 Å². The summed E-state index contributed by atoms with van der Waals surface area (Å²) in [5.74, 6) is -7.47. The zero-order valence-electron chi connectivity index (χ0n) is 9.51. The summed E-state index contributed by atoms with van der Waals surface area (Å²) in [5.41, 5.74) is 0. The van der Waals surface area contributed by atoms with Crippen molar-refractivity contribution in [1.82, 2.24) is 0 Å². The maximum atomic E-state index is 11.4. The molecule has 3 unspecified atom stereocenters. The van der Waals surface area contributed by atoms with E-state index in [2.05, 4.69) is 14.2 Å². The molecule has 0 spiro atoms. The van der Waals surface area contributed by atoms with Gasteiger partial charge in [-0.3, -0.25) is 0 Å². The van der Waals surface area contributed by atoms with Gasteiger partial charge in [0.1, 0.15) is 6.61 Å². The molecule has 1 fully saturated rings. The molecular weight excluding hydrogens is 268 g/mol. The fraction of sp³-hybridized carbons (Fsp3) is 0.667.